The molecular formula is C25H44N4O4. The Morgan fingerprint density at radius 2 is 1.09 bits per heavy atom. The van der Waals surface area contributed by atoms with E-state index in [4.69, 9.17) is 9.47 Å². The lowest BCUT2D eigenvalue weighted by molar-refractivity contribution is -0.122. The zero-order valence-corrected chi connectivity index (χ0v) is 20.3. The van der Waals surface area contributed by atoms with Crippen molar-refractivity contribution in [3.63, 3.8) is 0 Å². The SMILES string of the molecule is O=C(CCCC(=O)NCC1CCCC1N1CCOCC1)NCC1CCCC1N1CCOCC1. The molecule has 4 aliphatic rings. The third-order valence-corrected chi connectivity index (χ3v) is 8.20. The highest BCUT2D eigenvalue weighted by molar-refractivity contribution is 5.78. The van der Waals surface area contributed by atoms with Crippen molar-refractivity contribution in [1.82, 2.24) is 20.4 Å². The van der Waals surface area contributed by atoms with Crippen molar-refractivity contribution < 1.29 is 19.1 Å². The van der Waals surface area contributed by atoms with Crippen LogP contribution >= 0.6 is 0 Å². The molecule has 2 aliphatic heterocycles. The molecule has 2 amide bonds. The minimum absolute atomic E-state index is 0.0820. The van der Waals surface area contributed by atoms with Crippen molar-refractivity contribution in [3.05, 3.63) is 0 Å². The van der Waals surface area contributed by atoms with Gasteiger partial charge < -0.3 is 20.1 Å². The molecule has 2 saturated carbocycles. The largest absolute Gasteiger partial charge is 0.379 e. The fraction of sp³-hybridized carbons (Fsp3) is 0.920. The molecule has 2 N–H and O–H groups in total. The molecule has 188 valence electrons. The second-order valence-electron chi connectivity index (χ2n) is 10.3. The molecule has 0 radical (unpaired) electrons. The minimum atomic E-state index is 0.0820. The average molecular weight is 465 g/mol. The molecule has 4 rings (SSSR count). The van der Waals surface area contributed by atoms with E-state index in [2.05, 4.69) is 20.4 Å². The molecule has 2 aliphatic carbocycles. The molecule has 0 aromatic carbocycles. The van der Waals surface area contributed by atoms with Crippen LogP contribution in [0.2, 0.25) is 0 Å². The van der Waals surface area contributed by atoms with Crippen LogP contribution in [0.25, 0.3) is 0 Å². The number of carbonyl (C=O) groups excluding carboxylic acids is 2. The van der Waals surface area contributed by atoms with E-state index in [9.17, 15) is 9.59 Å². The van der Waals surface area contributed by atoms with Gasteiger partial charge in [0.25, 0.3) is 0 Å². The van der Waals surface area contributed by atoms with Crippen LogP contribution in [0.3, 0.4) is 0 Å². The molecule has 0 aromatic heterocycles. The Kier molecular flexibility index (Phi) is 9.82. The quantitative estimate of drug-likeness (QED) is 0.509. The van der Waals surface area contributed by atoms with Crippen molar-refractivity contribution in [1.29, 1.82) is 0 Å². The number of ether oxygens (including phenoxy) is 2. The lowest BCUT2D eigenvalue weighted by Gasteiger charge is -2.35. The molecule has 4 atom stereocenters. The number of hydrogen-bond donors (Lipinski definition) is 2. The topological polar surface area (TPSA) is 83.1 Å². The highest BCUT2D eigenvalue weighted by atomic mass is 16.5. The van der Waals surface area contributed by atoms with Crippen LogP contribution in [0.1, 0.15) is 57.8 Å². The highest BCUT2D eigenvalue weighted by Crippen LogP contribution is 2.31. The molecule has 0 aromatic rings. The van der Waals surface area contributed by atoms with Gasteiger partial charge in [-0.3, -0.25) is 19.4 Å². The predicted octanol–water partition coefficient (Wildman–Crippen LogP) is 1.39. The first-order valence-corrected chi connectivity index (χ1v) is 13.4. The van der Waals surface area contributed by atoms with Gasteiger partial charge in [-0.25, -0.2) is 0 Å². The lowest BCUT2D eigenvalue weighted by atomic mass is 10.0. The standard InChI is InChI=1S/C25H44N4O4/c30-24(26-18-20-4-1-6-22(20)28-10-14-32-15-11-28)8-3-9-25(31)27-19-21-5-2-7-23(21)29-12-16-33-17-13-29/h20-23H,1-19H2,(H,26,30)(H,27,31). The Morgan fingerprint density at radius 1 is 0.667 bits per heavy atom. The third kappa shape index (κ3) is 7.38. The van der Waals surface area contributed by atoms with E-state index in [-0.39, 0.29) is 11.8 Å². The number of hydrogen-bond acceptors (Lipinski definition) is 6. The van der Waals surface area contributed by atoms with E-state index >= 15 is 0 Å². The molecule has 0 spiro atoms. The Balaban J connectivity index is 1.08. The summed E-state index contributed by atoms with van der Waals surface area (Å²) < 4.78 is 11.0. The van der Waals surface area contributed by atoms with Gasteiger partial charge >= 0.3 is 0 Å². The fourth-order valence-electron chi connectivity index (χ4n) is 6.37. The molecular weight excluding hydrogens is 420 g/mol. The molecule has 4 fully saturated rings. The number of nitrogens with one attached hydrogen (secondary N) is 2. The van der Waals surface area contributed by atoms with Crippen LogP contribution in [0.5, 0.6) is 0 Å². The second kappa shape index (κ2) is 13.0. The molecule has 2 heterocycles. The normalized spacial score (nSPS) is 31.5. The maximum absolute atomic E-state index is 12.4. The van der Waals surface area contributed by atoms with Crippen molar-refractivity contribution in [2.24, 2.45) is 11.8 Å². The molecule has 4 unspecified atom stereocenters. The number of carbonyl (C=O) groups is 2. The van der Waals surface area contributed by atoms with Crippen molar-refractivity contribution in [3.8, 4) is 0 Å². The number of amides is 2. The third-order valence-electron chi connectivity index (χ3n) is 8.20. The van der Waals surface area contributed by atoms with Crippen LogP contribution in [0.4, 0.5) is 0 Å². The second-order valence-corrected chi connectivity index (χ2v) is 10.3. The molecule has 0 bridgehead atoms. The van der Waals surface area contributed by atoms with Crippen LogP contribution < -0.4 is 10.6 Å². The summed E-state index contributed by atoms with van der Waals surface area (Å²) in [5.41, 5.74) is 0. The zero-order chi connectivity index (χ0) is 22.9. The van der Waals surface area contributed by atoms with E-state index in [1.807, 2.05) is 0 Å². The van der Waals surface area contributed by atoms with Gasteiger partial charge in [-0.1, -0.05) is 12.8 Å². The number of nitrogens with zero attached hydrogens (tertiary/aromatic N) is 2. The van der Waals surface area contributed by atoms with Gasteiger partial charge in [-0.05, 0) is 43.9 Å². The first-order valence-electron chi connectivity index (χ1n) is 13.4. The maximum atomic E-state index is 12.4. The average Bonchev–Trinajstić information content (AvgIpc) is 3.52. The molecule has 2 saturated heterocycles. The summed E-state index contributed by atoms with van der Waals surface area (Å²) in [6.45, 7) is 8.87. The highest BCUT2D eigenvalue weighted by Gasteiger charge is 2.34. The summed E-state index contributed by atoms with van der Waals surface area (Å²) in [5.74, 6) is 1.25. The van der Waals surface area contributed by atoms with Crippen LogP contribution in [0.15, 0.2) is 0 Å². The molecule has 33 heavy (non-hydrogen) atoms. The van der Waals surface area contributed by atoms with Crippen LogP contribution in [-0.2, 0) is 19.1 Å². The van der Waals surface area contributed by atoms with Crippen LogP contribution in [0, 0.1) is 11.8 Å². The minimum Gasteiger partial charge on any atom is -0.379 e. The van der Waals surface area contributed by atoms with Crippen molar-refractivity contribution in [2.75, 3.05) is 65.7 Å². The van der Waals surface area contributed by atoms with Gasteiger partial charge in [0.15, 0.2) is 0 Å². The maximum Gasteiger partial charge on any atom is 0.220 e. The first kappa shape index (κ1) is 24.9. The van der Waals surface area contributed by atoms with E-state index in [0.29, 0.717) is 43.2 Å². The summed E-state index contributed by atoms with van der Waals surface area (Å²) in [5, 5.41) is 6.28. The van der Waals surface area contributed by atoms with E-state index < -0.39 is 0 Å². The summed E-state index contributed by atoms with van der Waals surface area (Å²) in [6, 6.07) is 1.16. The Morgan fingerprint density at radius 3 is 1.52 bits per heavy atom. The summed E-state index contributed by atoms with van der Waals surface area (Å²) in [4.78, 5) is 29.8. The van der Waals surface area contributed by atoms with E-state index in [1.165, 1.54) is 38.5 Å². The van der Waals surface area contributed by atoms with Crippen molar-refractivity contribution in [2.45, 2.75) is 69.9 Å². The zero-order valence-electron chi connectivity index (χ0n) is 20.3. The predicted molar refractivity (Wildman–Crippen MR) is 127 cm³/mol. The van der Waals surface area contributed by atoms with Gasteiger partial charge in [0.2, 0.25) is 11.8 Å². The Bertz CT molecular complexity index is 570. The smallest absolute Gasteiger partial charge is 0.220 e. The van der Waals surface area contributed by atoms with Crippen molar-refractivity contribution >= 4 is 11.8 Å². The van der Waals surface area contributed by atoms with Gasteiger partial charge in [0, 0.05) is 64.2 Å². The number of rotatable bonds is 10. The Labute approximate surface area is 199 Å². The van der Waals surface area contributed by atoms with Gasteiger partial charge in [0.1, 0.15) is 0 Å². The Hall–Kier alpha value is -1.22. The summed E-state index contributed by atoms with van der Waals surface area (Å²) >= 11 is 0. The van der Waals surface area contributed by atoms with E-state index in [1.54, 1.807) is 0 Å². The van der Waals surface area contributed by atoms with E-state index in [0.717, 1.165) is 65.7 Å². The molecule has 8 nitrogen and oxygen atoms in total. The van der Waals surface area contributed by atoms with Gasteiger partial charge in [-0.2, -0.15) is 0 Å². The fourth-order valence-corrected chi connectivity index (χ4v) is 6.37. The summed E-state index contributed by atoms with van der Waals surface area (Å²) in [7, 11) is 0. The van der Waals surface area contributed by atoms with Gasteiger partial charge in [-0.15, -0.1) is 0 Å². The van der Waals surface area contributed by atoms with Gasteiger partial charge in [0.05, 0.1) is 26.4 Å². The summed E-state index contributed by atoms with van der Waals surface area (Å²) in [6.07, 6.45) is 8.82. The monoisotopic (exact) mass is 464 g/mol. The van der Waals surface area contributed by atoms with Crippen LogP contribution in [-0.4, -0.2) is 99.4 Å². The number of morpholine rings is 2. The lowest BCUT2D eigenvalue weighted by Crippen LogP contribution is -2.47. The molecule has 8 heteroatoms. The first-order chi connectivity index (χ1) is 16.2.